The Balaban J connectivity index is 1.40. The Morgan fingerprint density at radius 2 is 2.20 bits per heavy atom. The Morgan fingerprint density at radius 3 is 3.00 bits per heavy atom. The van der Waals surface area contributed by atoms with Gasteiger partial charge in [-0.3, -0.25) is 14.7 Å². The Bertz CT molecular complexity index is 895. The van der Waals surface area contributed by atoms with Crippen LogP contribution in [0.25, 0.3) is 0 Å². The fourth-order valence-electron chi connectivity index (χ4n) is 4.55. The molecule has 0 radical (unpaired) electrons. The smallest absolute Gasteiger partial charge is 0.339 e. The minimum absolute atomic E-state index is 0.0290. The molecule has 0 aliphatic carbocycles. The lowest BCUT2D eigenvalue weighted by Crippen LogP contribution is -2.46. The van der Waals surface area contributed by atoms with E-state index < -0.39 is 6.30 Å². The number of pyridine rings is 1. The van der Waals surface area contributed by atoms with Gasteiger partial charge >= 0.3 is 6.03 Å². The number of urea groups is 1. The first-order valence-corrected chi connectivity index (χ1v) is 10.4. The van der Waals surface area contributed by atoms with Gasteiger partial charge in [0.25, 0.3) is 5.91 Å². The summed E-state index contributed by atoms with van der Waals surface area (Å²) < 4.78 is 19.9. The van der Waals surface area contributed by atoms with Crippen LogP contribution in [0.2, 0.25) is 0 Å². The molecule has 160 valence electrons. The van der Waals surface area contributed by atoms with Crippen molar-refractivity contribution in [1.29, 1.82) is 0 Å². The van der Waals surface area contributed by atoms with Gasteiger partial charge in [0.05, 0.1) is 18.2 Å². The Kier molecular flexibility index (Phi) is 4.73. The molecule has 4 aliphatic rings. The van der Waals surface area contributed by atoms with Gasteiger partial charge in [0.2, 0.25) is 0 Å². The Hall–Kier alpha value is -2.88. The Labute approximate surface area is 174 Å². The van der Waals surface area contributed by atoms with E-state index in [1.165, 1.54) is 16.1 Å². The molecular weight excluding hydrogens is 391 g/mol. The van der Waals surface area contributed by atoms with Crippen molar-refractivity contribution in [2.45, 2.75) is 44.2 Å². The third-order valence-electron chi connectivity index (χ3n) is 6.11. The molecule has 0 bridgehead atoms. The van der Waals surface area contributed by atoms with Crippen LogP contribution in [-0.4, -0.2) is 77.0 Å². The van der Waals surface area contributed by atoms with Crippen LogP contribution in [0.1, 0.15) is 36.0 Å². The van der Waals surface area contributed by atoms with E-state index in [0.717, 1.165) is 13.0 Å². The quantitative estimate of drug-likeness (QED) is 0.739. The lowest BCUT2D eigenvalue weighted by molar-refractivity contribution is 0.0591. The average Bonchev–Trinajstić information content (AvgIpc) is 3.21. The summed E-state index contributed by atoms with van der Waals surface area (Å²) in [5, 5.41) is 1.49. The summed E-state index contributed by atoms with van der Waals surface area (Å²) >= 11 is 0. The second-order valence-electron chi connectivity index (χ2n) is 8.05. The van der Waals surface area contributed by atoms with Crippen molar-refractivity contribution in [3.63, 3.8) is 0 Å². The van der Waals surface area contributed by atoms with Crippen LogP contribution >= 0.6 is 0 Å². The van der Waals surface area contributed by atoms with E-state index in [2.05, 4.69) is 15.3 Å². The van der Waals surface area contributed by atoms with E-state index in [0.29, 0.717) is 49.5 Å². The predicted molar refractivity (Wildman–Crippen MR) is 106 cm³/mol. The predicted octanol–water partition coefficient (Wildman–Crippen LogP) is 1.69. The number of amides is 3. The van der Waals surface area contributed by atoms with Gasteiger partial charge in [-0.25, -0.2) is 19.6 Å². The number of halogens is 1. The van der Waals surface area contributed by atoms with Gasteiger partial charge in [-0.1, -0.05) is 0 Å². The molecule has 3 amide bonds. The molecular formula is C20H25FN6O3. The second kappa shape index (κ2) is 7.42. The SMILES string of the molecule is CN1NC2CC(N3CCCOc4cc(C(=O)N5CCC[C@H]5F)cnc43)C=CN2C1=O. The zero-order valence-electron chi connectivity index (χ0n) is 16.8. The molecule has 0 aromatic carbocycles. The van der Waals surface area contributed by atoms with Crippen molar-refractivity contribution in [1.82, 2.24) is 25.2 Å². The average molecular weight is 416 g/mol. The van der Waals surface area contributed by atoms with Gasteiger partial charge in [-0.2, -0.15) is 0 Å². The van der Waals surface area contributed by atoms with Crippen LogP contribution in [0.15, 0.2) is 24.5 Å². The number of aromatic nitrogens is 1. The molecule has 2 saturated heterocycles. The van der Waals surface area contributed by atoms with E-state index in [-0.39, 0.29) is 24.1 Å². The fraction of sp³-hybridized carbons (Fsp3) is 0.550. The molecule has 0 saturated carbocycles. The molecule has 1 aromatic rings. The number of carbonyl (C=O) groups excluding carboxylic acids is 2. The number of nitrogens with zero attached hydrogens (tertiary/aromatic N) is 5. The molecule has 2 fully saturated rings. The van der Waals surface area contributed by atoms with Gasteiger partial charge in [-0.05, 0) is 31.4 Å². The largest absolute Gasteiger partial charge is 0.490 e. The van der Waals surface area contributed by atoms with Crippen LogP contribution in [-0.2, 0) is 0 Å². The molecule has 3 atom stereocenters. The molecule has 1 N–H and O–H groups in total. The van der Waals surface area contributed by atoms with Gasteiger partial charge in [0.1, 0.15) is 6.17 Å². The minimum Gasteiger partial charge on any atom is -0.490 e. The number of hydrazine groups is 1. The molecule has 9 nitrogen and oxygen atoms in total. The first-order chi connectivity index (χ1) is 14.5. The number of alkyl halides is 1. The number of nitrogens with one attached hydrogen (secondary N) is 1. The molecule has 10 heteroatoms. The van der Waals surface area contributed by atoms with Gasteiger partial charge in [0.15, 0.2) is 17.9 Å². The van der Waals surface area contributed by atoms with Gasteiger partial charge in [0, 0.05) is 39.0 Å². The van der Waals surface area contributed by atoms with E-state index in [9.17, 15) is 14.0 Å². The Morgan fingerprint density at radius 1 is 1.33 bits per heavy atom. The lowest BCUT2D eigenvalue weighted by Gasteiger charge is -2.36. The van der Waals surface area contributed by atoms with Crippen LogP contribution < -0.4 is 15.1 Å². The summed E-state index contributed by atoms with van der Waals surface area (Å²) in [4.78, 5) is 34.5. The van der Waals surface area contributed by atoms with Crippen molar-refractivity contribution >= 4 is 17.8 Å². The fourth-order valence-corrected chi connectivity index (χ4v) is 4.55. The number of ether oxygens (including phenoxy) is 1. The van der Waals surface area contributed by atoms with Crippen LogP contribution in [0, 0.1) is 0 Å². The van der Waals surface area contributed by atoms with Crippen molar-refractivity contribution in [3.8, 4) is 5.75 Å². The first kappa shape index (κ1) is 19.1. The second-order valence-corrected chi connectivity index (χ2v) is 8.05. The summed E-state index contributed by atoms with van der Waals surface area (Å²) in [6, 6.07) is 1.63. The minimum atomic E-state index is -1.23. The molecule has 4 aliphatic heterocycles. The first-order valence-electron chi connectivity index (χ1n) is 10.4. The van der Waals surface area contributed by atoms with Crippen molar-refractivity contribution in [3.05, 3.63) is 30.1 Å². The standard InChI is InChI=1S/C20H25FN6O3/c1-24-20(29)27-8-5-14(11-17(27)23-24)25-7-3-9-30-15-10-13(12-22-18(15)25)19(28)26-6-2-4-16(26)21/h5,8,10,12,14,16-17,23H,2-4,6-7,9,11H2,1H3/t14?,16-,17?/m0/s1. The number of hydrogen-bond acceptors (Lipinski definition) is 6. The van der Waals surface area contributed by atoms with E-state index >= 15 is 0 Å². The summed E-state index contributed by atoms with van der Waals surface area (Å²) in [5.41, 5.74) is 3.51. The number of hydrogen-bond donors (Lipinski definition) is 1. The molecule has 2 unspecified atom stereocenters. The third-order valence-corrected chi connectivity index (χ3v) is 6.11. The zero-order chi connectivity index (χ0) is 20.8. The number of fused-ring (bicyclic) bond motifs is 2. The number of likely N-dealkylation sites (tertiary alicyclic amines) is 1. The highest BCUT2D eigenvalue weighted by molar-refractivity contribution is 5.95. The molecule has 0 spiro atoms. The van der Waals surface area contributed by atoms with E-state index in [1.807, 2.05) is 12.3 Å². The highest BCUT2D eigenvalue weighted by Crippen LogP contribution is 2.34. The molecule has 5 heterocycles. The van der Waals surface area contributed by atoms with Crippen LogP contribution in [0.5, 0.6) is 5.75 Å². The maximum absolute atomic E-state index is 14.0. The molecule has 30 heavy (non-hydrogen) atoms. The highest BCUT2D eigenvalue weighted by Gasteiger charge is 2.39. The third kappa shape index (κ3) is 3.15. The number of rotatable bonds is 2. The van der Waals surface area contributed by atoms with Gasteiger partial charge in [-0.15, -0.1) is 0 Å². The van der Waals surface area contributed by atoms with Crippen LogP contribution in [0.4, 0.5) is 15.0 Å². The molecule has 5 rings (SSSR count). The summed E-state index contributed by atoms with van der Waals surface area (Å²) in [5.74, 6) is 0.860. The van der Waals surface area contributed by atoms with Crippen molar-refractivity contribution in [2.75, 3.05) is 31.6 Å². The summed E-state index contributed by atoms with van der Waals surface area (Å²) in [6.45, 7) is 1.69. The lowest BCUT2D eigenvalue weighted by atomic mass is 10.1. The maximum Gasteiger partial charge on any atom is 0.339 e. The van der Waals surface area contributed by atoms with E-state index in [4.69, 9.17) is 4.74 Å². The van der Waals surface area contributed by atoms with Gasteiger partial charge < -0.3 is 14.5 Å². The topological polar surface area (TPSA) is 81.2 Å². The van der Waals surface area contributed by atoms with Crippen molar-refractivity contribution < 1.29 is 18.7 Å². The number of carbonyl (C=O) groups is 2. The van der Waals surface area contributed by atoms with Crippen molar-refractivity contribution in [2.24, 2.45) is 0 Å². The summed E-state index contributed by atoms with van der Waals surface area (Å²) in [7, 11) is 1.71. The zero-order valence-corrected chi connectivity index (χ0v) is 16.8. The summed E-state index contributed by atoms with van der Waals surface area (Å²) in [6.07, 6.45) is 6.55. The highest BCUT2D eigenvalue weighted by atomic mass is 19.1. The normalized spacial score (nSPS) is 28.3. The monoisotopic (exact) mass is 416 g/mol. The molecule has 1 aromatic heterocycles. The van der Waals surface area contributed by atoms with Crippen LogP contribution in [0.3, 0.4) is 0 Å². The number of anilines is 1. The maximum atomic E-state index is 14.0. The van der Waals surface area contributed by atoms with E-state index in [1.54, 1.807) is 18.0 Å².